The first-order valence-electron chi connectivity index (χ1n) is 7.27. The molecule has 0 radical (unpaired) electrons. The molecule has 1 atom stereocenters. The summed E-state index contributed by atoms with van der Waals surface area (Å²) in [5.41, 5.74) is 0.0390. The van der Waals surface area contributed by atoms with Gasteiger partial charge in [0.15, 0.2) is 0 Å². The smallest absolute Gasteiger partial charge is 0.369 e. The van der Waals surface area contributed by atoms with Crippen LogP contribution in [0.1, 0.15) is 31.7 Å². The molecule has 1 aromatic carbocycles. The van der Waals surface area contributed by atoms with Crippen molar-refractivity contribution in [2.24, 2.45) is 0 Å². The summed E-state index contributed by atoms with van der Waals surface area (Å²) in [6.45, 7) is 4.60. The summed E-state index contributed by atoms with van der Waals surface area (Å²) in [6.07, 6.45) is -1.17. The fraction of sp³-hybridized carbons (Fsp3) is 0.600. The van der Waals surface area contributed by atoms with Crippen molar-refractivity contribution in [1.29, 1.82) is 0 Å². The summed E-state index contributed by atoms with van der Waals surface area (Å²) < 4.78 is 39.3. The molecule has 0 bridgehead atoms. The first-order chi connectivity index (χ1) is 9.91. The van der Waals surface area contributed by atoms with E-state index in [-0.39, 0.29) is 0 Å². The largest absolute Gasteiger partial charge is 0.416 e. The maximum Gasteiger partial charge on any atom is 0.416 e. The summed E-state index contributed by atoms with van der Waals surface area (Å²) in [4.78, 5) is 2.04. The van der Waals surface area contributed by atoms with E-state index in [1.165, 1.54) is 12.1 Å². The minimum absolute atomic E-state index is 0.347. The number of hydrogen-bond acceptors (Lipinski definition) is 2. The Bertz CT molecular complexity index is 476. The van der Waals surface area contributed by atoms with Crippen LogP contribution >= 0.6 is 15.9 Å². The van der Waals surface area contributed by atoms with Crippen LogP contribution < -0.4 is 10.2 Å². The van der Waals surface area contributed by atoms with Gasteiger partial charge in [0.1, 0.15) is 0 Å². The van der Waals surface area contributed by atoms with Crippen LogP contribution in [0.2, 0.25) is 0 Å². The molecule has 0 spiro atoms. The van der Waals surface area contributed by atoms with E-state index in [1.54, 1.807) is 0 Å². The van der Waals surface area contributed by atoms with Crippen molar-refractivity contribution in [3.05, 3.63) is 28.2 Å². The number of alkyl halides is 3. The molecule has 1 aliphatic rings. The van der Waals surface area contributed by atoms with Crippen LogP contribution in [0.5, 0.6) is 0 Å². The van der Waals surface area contributed by atoms with Crippen molar-refractivity contribution in [2.45, 2.75) is 38.4 Å². The summed E-state index contributed by atoms with van der Waals surface area (Å²) in [6, 6.07) is 4.19. The highest BCUT2D eigenvalue weighted by Gasteiger charge is 2.32. The van der Waals surface area contributed by atoms with Crippen molar-refractivity contribution >= 4 is 21.6 Å². The van der Waals surface area contributed by atoms with E-state index in [9.17, 15) is 13.2 Å². The summed E-state index contributed by atoms with van der Waals surface area (Å²) in [5, 5.41) is 3.46. The van der Waals surface area contributed by atoms with E-state index in [4.69, 9.17) is 0 Å². The molecule has 0 saturated carbocycles. The molecule has 1 fully saturated rings. The Morgan fingerprint density at radius 1 is 1.38 bits per heavy atom. The molecular formula is C15H20BrF3N2. The number of nitrogens with one attached hydrogen (secondary N) is 1. The van der Waals surface area contributed by atoms with Gasteiger partial charge in [-0.05, 0) is 59.9 Å². The second-order valence-electron chi connectivity index (χ2n) is 5.40. The predicted molar refractivity (Wildman–Crippen MR) is 82.7 cm³/mol. The van der Waals surface area contributed by atoms with E-state index in [2.05, 4.69) is 28.2 Å². The lowest BCUT2D eigenvalue weighted by Gasteiger charge is -2.35. The van der Waals surface area contributed by atoms with Gasteiger partial charge >= 0.3 is 6.18 Å². The predicted octanol–water partition coefficient (Wildman–Crippen LogP) is 4.44. The molecule has 21 heavy (non-hydrogen) atoms. The molecular weight excluding hydrogens is 345 g/mol. The standard InChI is InChI=1S/C15H20BrF3N2/c1-2-7-20-12-4-3-8-21(10-12)14-9-11(15(17,18)19)5-6-13(14)16/h5-6,9,12,20H,2-4,7-8,10H2,1H3. The number of hydrogen-bond donors (Lipinski definition) is 1. The fourth-order valence-electron chi connectivity index (χ4n) is 2.64. The van der Waals surface area contributed by atoms with Crippen LogP contribution in [-0.4, -0.2) is 25.7 Å². The molecule has 1 unspecified atom stereocenters. The molecule has 0 aliphatic carbocycles. The quantitative estimate of drug-likeness (QED) is 0.849. The minimum Gasteiger partial charge on any atom is -0.369 e. The van der Waals surface area contributed by atoms with E-state index >= 15 is 0 Å². The Morgan fingerprint density at radius 2 is 2.14 bits per heavy atom. The topological polar surface area (TPSA) is 15.3 Å². The van der Waals surface area contributed by atoms with E-state index in [0.29, 0.717) is 16.2 Å². The highest BCUT2D eigenvalue weighted by molar-refractivity contribution is 9.10. The monoisotopic (exact) mass is 364 g/mol. The van der Waals surface area contributed by atoms with Gasteiger partial charge in [0.2, 0.25) is 0 Å². The molecule has 1 heterocycles. The van der Waals surface area contributed by atoms with Crippen LogP contribution in [0, 0.1) is 0 Å². The van der Waals surface area contributed by atoms with Gasteiger partial charge in [0.05, 0.1) is 11.3 Å². The number of anilines is 1. The normalized spacial score (nSPS) is 19.9. The van der Waals surface area contributed by atoms with Crippen molar-refractivity contribution in [3.63, 3.8) is 0 Å². The summed E-state index contributed by atoms with van der Waals surface area (Å²) in [7, 11) is 0. The third kappa shape index (κ3) is 4.36. The lowest BCUT2D eigenvalue weighted by Crippen LogP contribution is -2.46. The molecule has 2 nitrogen and oxygen atoms in total. The minimum atomic E-state index is -4.30. The Balaban J connectivity index is 2.16. The average molecular weight is 365 g/mol. The van der Waals surface area contributed by atoms with Gasteiger partial charge in [-0.1, -0.05) is 6.92 Å². The van der Waals surface area contributed by atoms with Crippen LogP contribution in [0.3, 0.4) is 0 Å². The Hall–Kier alpha value is -0.750. The molecule has 118 valence electrons. The Labute approximate surface area is 131 Å². The Kier molecular flexibility index (Phi) is 5.54. The number of piperidine rings is 1. The summed E-state index contributed by atoms with van der Waals surface area (Å²) >= 11 is 3.38. The Morgan fingerprint density at radius 3 is 2.81 bits per heavy atom. The highest BCUT2D eigenvalue weighted by atomic mass is 79.9. The molecule has 0 amide bonds. The fourth-order valence-corrected chi connectivity index (χ4v) is 3.14. The second kappa shape index (κ2) is 7.01. The lowest BCUT2D eigenvalue weighted by atomic mass is 10.0. The van der Waals surface area contributed by atoms with Crippen LogP contribution in [0.4, 0.5) is 18.9 Å². The van der Waals surface area contributed by atoms with Gasteiger partial charge < -0.3 is 10.2 Å². The number of rotatable bonds is 4. The first kappa shape index (κ1) is 16.6. The number of nitrogens with zero attached hydrogens (tertiary/aromatic N) is 1. The zero-order chi connectivity index (χ0) is 15.5. The average Bonchev–Trinajstić information content (AvgIpc) is 2.44. The number of halogens is 4. The number of benzene rings is 1. The zero-order valence-corrected chi connectivity index (χ0v) is 13.6. The van der Waals surface area contributed by atoms with Crippen LogP contribution in [0.15, 0.2) is 22.7 Å². The lowest BCUT2D eigenvalue weighted by molar-refractivity contribution is -0.137. The van der Waals surface area contributed by atoms with Gasteiger partial charge in [-0.15, -0.1) is 0 Å². The van der Waals surface area contributed by atoms with Crippen molar-refractivity contribution in [2.75, 3.05) is 24.5 Å². The molecule has 1 aliphatic heterocycles. The van der Waals surface area contributed by atoms with Gasteiger partial charge in [-0.3, -0.25) is 0 Å². The maximum atomic E-state index is 12.9. The van der Waals surface area contributed by atoms with Crippen LogP contribution in [-0.2, 0) is 6.18 Å². The van der Waals surface area contributed by atoms with Gasteiger partial charge in [-0.2, -0.15) is 13.2 Å². The second-order valence-corrected chi connectivity index (χ2v) is 6.26. The SMILES string of the molecule is CCCNC1CCCN(c2cc(C(F)(F)F)ccc2Br)C1. The van der Waals surface area contributed by atoms with Gasteiger partial charge in [0.25, 0.3) is 0 Å². The van der Waals surface area contributed by atoms with E-state index < -0.39 is 11.7 Å². The maximum absolute atomic E-state index is 12.9. The van der Waals surface area contributed by atoms with E-state index in [1.807, 2.05) is 4.90 Å². The molecule has 1 aromatic rings. The first-order valence-corrected chi connectivity index (χ1v) is 8.06. The molecule has 6 heteroatoms. The molecule has 0 aromatic heterocycles. The van der Waals surface area contributed by atoms with Gasteiger partial charge in [0, 0.05) is 23.6 Å². The molecule has 2 rings (SSSR count). The third-order valence-electron chi connectivity index (χ3n) is 3.72. The van der Waals surface area contributed by atoms with Gasteiger partial charge in [-0.25, -0.2) is 0 Å². The van der Waals surface area contributed by atoms with Crippen LogP contribution in [0.25, 0.3) is 0 Å². The molecule has 1 N–H and O–H groups in total. The molecule has 1 saturated heterocycles. The highest BCUT2D eigenvalue weighted by Crippen LogP contribution is 2.36. The zero-order valence-electron chi connectivity index (χ0n) is 12.0. The van der Waals surface area contributed by atoms with E-state index in [0.717, 1.165) is 45.0 Å². The van der Waals surface area contributed by atoms with Crippen molar-refractivity contribution < 1.29 is 13.2 Å². The summed E-state index contributed by atoms with van der Waals surface area (Å²) in [5.74, 6) is 0. The third-order valence-corrected chi connectivity index (χ3v) is 4.39. The van der Waals surface area contributed by atoms with Crippen molar-refractivity contribution in [3.8, 4) is 0 Å². The van der Waals surface area contributed by atoms with Crippen molar-refractivity contribution in [1.82, 2.24) is 5.32 Å².